The Hall–Kier alpha value is -2.14. The van der Waals surface area contributed by atoms with Gasteiger partial charge in [0, 0.05) is 24.8 Å². The normalized spacial score (nSPS) is 22.9. The quantitative estimate of drug-likeness (QED) is 0.710. The van der Waals surface area contributed by atoms with Gasteiger partial charge >= 0.3 is 0 Å². The summed E-state index contributed by atoms with van der Waals surface area (Å²) in [6.07, 6.45) is 6.83. The molecule has 0 radical (unpaired) electrons. The summed E-state index contributed by atoms with van der Waals surface area (Å²) in [7, 11) is 0. The van der Waals surface area contributed by atoms with E-state index in [4.69, 9.17) is 0 Å². The van der Waals surface area contributed by atoms with Crippen LogP contribution in [0.25, 0.3) is 21.9 Å². The molecule has 5 heteroatoms. The first-order valence-electron chi connectivity index (χ1n) is 7.49. The molecular weight excluding hydrogens is 264 g/mol. The summed E-state index contributed by atoms with van der Waals surface area (Å²) in [5, 5.41) is 5.29. The standard InChI is InChI=1S/C16H18N4O/c1-10-2-5-17-9-13(10)20-7-4-14(21)12-8-19-16-11(15(12)20)3-6-18-16/h3-4,6-8,10,13,17H,2,5,9H2,1H3,(H,18,19)/p+1/t10-,13+/m1/s1. The van der Waals surface area contributed by atoms with Crippen molar-refractivity contribution in [1.82, 2.24) is 14.9 Å². The molecule has 1 aliphatic rings. The van der Waals surface area contributed by atoms with Gasteiger partial charge in [0.2, 0.25) is 0 Å². The van der Waals surface area contributed by atoms with Crippen molar-refractivity contribution in [3.05, 3.63) is 40.9 Å². The van der Waals surface area contributed by atoms with Gasteiger partial charge in [-0.05, 0) is 24.9 Å². The summed E-state index contributed by atoms with van der Waals surface area (Å²) in [5.41, 5.74) is 2.05. The molecule has 0 aliphatic carbocycles. The average molecular weight is 283 g/mol. The summed E-state index contributed by atoms with van der Waals surface area (Å²) in [6.45, 7) is 4.31. The van der Waals surface area contributed by atoms with Gasteiger partial charge in [-0.2, -0.15) is 0 Å². The molecule has 0 amide bonds. The Morgan fingerprint density at radius 3 is 3.10 bits per heavy atom. The number of rotatable bonds is 1. The maximum absolute atomic E-state index is 12.2. The minimum atomic E-state index is 0.0667. The molecule has 2 atom stereocenters. The van der Waals surface area contributed by atoms with Gasteiger partial charge in [0.25, 0.3) is 5.65 Å². The second-order valence-electron chi connectivity index (χ2n) is 5.94. The van der Waals surface area contributed by atoms with E-state index in [-0.39, 0.29) is 5.43 Å². The van der Waals surface area contributed by atoms with Crippen molar-refractivity contribution in [1.29, 1.82) is 0 Å². The molecule has 1 saturated heterocycles. The first-order valence-corrected chi connectivity index (χ1v) is 7.49. The van der Waals surface area contributed by atoms with Gasteiger partial charge in [0.1, 0.15) is 6.20 Å². The fraction of sp³-hybridized carbons (Fsp3) is 0.375. The molecule has 5 nitrogen and oxygen atoms in total. The van der Waals surface area contributed by atoms with Crippen LogP contribution >= 0.6 is 0 Å². The lowest BCUT2D eigenvalue weighted by molar-refractivity contribution is -0.345. The zero-order valence-electron chi connectivity index (χ0n) is 12.0. The third kappa shape index (κ3) is 1.88. The van der Waals surface area contributed by atoms with Crippen LogP contribution in [0.4, 0.5) is 0 Å². The highest BCUT2D eigenvalue weighted by Gasteiger charge is 2.24. The summed E-state index contributed by atoms with van der Waals surface area (Å²) < 4.78 is 2.28. The summed E-state index contributed by atoms with van der Waals surface area (Å²) in [5.74, 6) is 0.593. The SMILES string of the molecule is C[C@@H]1CCNC[C@@H]1n1ccc(=O)c2c[nH+]c3[nH]ccc3c21. The fourth-order valence-electron chi connectivity index (χ4n) is 3.44. The molecular formula is C16H19N4O+. The second-order valence-corrected chi connectivity index (χ2v) is 5.94. The molecule has 1 fully saturated rings. The fourth-order valence-corrected chi connectivity index (χ4v) is 3.44. The van der Waals surface area contributed by atoms with Gasteiger partial charge in [-0.3, -0.25) is 4.79 Å². The Bertz CT molecular complexity index is 863. The summed E-state index contributed by atoms with van der Waals surface area (Å²) in [4.78, 5) is 18.6. The van der Waals surface area contributed by atoms with Crippen molar-refractivity contribution in [2.45, 2.75) is 19.4 Å². The number of aromatic amines is 2. The smallest absolute Gasteiger partial charge is 0.286 e. The molecule has 1 aliphatic heterocycles. The largest absolute Gasteiger partial charge is 0.342 e. The first-order chi connectivity index (χ1) is 10.3. The van der Waals surface area contributed by atoms with E-state index in [0.29, 0.717) is 12.0 Å². The maximum atomic E-state index is 12.2. The van der Waals surface area contributed by atoms with Crippen molar-refractivity contribution in [3.8, 4) is 0 Å². The number of aromatic nitrogens is 3. The highest BCUT2D eigenvalue weighted by atomic mass is 16.1. The van der Waals surface area contributed by atoms with E-state index in [9.17, 15) is 4.79 Å². The van der Waals surface area contributed by atoms with Crippen LogP contribution in [0.3, 0.4) is 0 Å². The molecule has 0 aromatic carbocycles. The number of nitrogens with one attached hydrogen (secondary N) is 3. The second kappa shape index (κ2) is 4.70. The number of nitrogens with zero attached hydrogens (tertiary/aromatic N) is 1. The highest BCUT2D eigenvalue weighted by molar-refractivity contribution is 6.00. The summed E-state index contributed by atoms with van der Waals surface area (Å²) in [6, 6.07) is 4.09. The Morgan fingerprint density at radius 2 is 2.24 bits per heavy atom. The number of pyridine rings is 2. The Morgan fingerprint density at radius 1 is 1.33 bits per heavy atom. The topological polar surface area (TPSA) is 64.0 Å². The van der Waals surface area contributed by atoms with Gasteiger partial charge in [-0.1, -0.05) is 6.92 Å². The first kappa shape index (κ1) is 12.6. The Labute approximate surface area is 122 Å². The van der Waals surface area contributed by atoms with E-state index in [1.165, 1.54) is 0 Å². The lowest BCUT2D eigenvalue weighted by Gasteiger charge is -2.32. The average Bonchev–Trinajstić information content (AvgIpc) is 2.97. The van der Waals surface area contributed by atoms with Crippen LogP contribution in [-0.2, 0) is 0 Å². The Balaban J connectivity index is 2.06. The number of hydrogen-bond acceptors (Lipinski definition) is 2. The van der Waals surface area contributed by atoms with Crippen molar-refractivity contribution in [2.75, 3.05) is 13.1 Å². The van der Waals surface area contributed by atoms with Crippen LogP contribution in [0, 0.1) is 5.92 Å². The lowest BCUT2D eigenvalue weighted by Crippen LogP contribution is -2.37. The minimum absolute atomic E-state index is 0.0667. The van der Waals surface area contributed by atoms with Crippen molar-refractivity contribution in [2.24, 2.45) is 5.92 Å². The van der Waals surface area contributed by atoms with Gasteiger partial charge in [-0.25, -0.2) is 9.97 Å². The van der Waals surface area contributed by atoms with E-state index in [0.717, 1.165) is 41.4 Å². The van der Waals surface area contributed by atoms with Crippen molar-refractivity contribution < 1.29 is 4.98 Å². The van der Waals surface area contributed by atoms with E-state index in [1.54, 1.807) is 6.07 Å². The number of piperidine rings is 1. The molecule has 3 aromatic rings. The van der Waals surface area contributed by atoms with E-state index in [1.807, 2.05) is 24.7 Å². The van der Waals surface area contributed by atoms with Gasteiger partial charge in [0.15, 0.2) is 5.43 Å². The van der Waals surface area contributed by atoms with Crippen LogP contribution in [0.5, 0.6) is 0 Å². The van der Waals surface area contributed by atoms with Crippen LogP contribution in [0.2, 0.25) is 0 Å². The minimum Gasteiger partial charge on any atom is -0.342 e. The van der Waals surface area contributed by atoms with Gasteiger partial charge < -0.3 is 9.88 Å². The van der Waals surface area contributed by atoms with Crippen molar-refractivity contribution >= 4 is 21.9 Å². The maximum Gasteiger partial charge on any atom is 0.286 e. The van der Waals surface area contributed by atoms with Crippen molar-refractivity contribution in [3.63, 3.8) is 0 Å². The Kier molecular flexibility index (Phi) is 2.82. The number of fused-ring (bicyclic) bond motifs is 3. The predicted molar refractivity (Wildman–Crippen MR) is 82.3 cm³/mol. The third-order valence-corrected chi connectivity index (χ3v) is 4.67. The molecule has 0 saturated carbocycles. The van der Waals surface area contributed by atoms with E-state index in [2.05, 4.69) is 26.8 Å². The number of hydrogen-bond donors (Lipinski definition) is 2. The molecule has 0 unspecified atom stereocenters. The molecule has 0 spiro atoms. The number of H-pyrrole nitrogens is 2. The monoisotopic (exact) mass is 283 g/mol. The van der Waals surface area contributed by atoms with Gasteiger partial charge in [-0.15, -0.1) is 0 Å². The lowest BCUT2D eigenvalue weighted by atomic mass is 9.94. The predicted octanol–water partition coefficient (Wildman–Crippen LogP) is 1.47. The molecule has 108 valence electrons. The molecule has 0 bridgehead atoms. The molecule has 21 heavy (non-hydrogen) atoms. The van der Waals surface area contributed by atoms with Crippen LogP contribution in [0.15, 0.2) is 35.5 Å². The molecule has 4 rings (SSSR count). The van der Waals surface area contributed by atoms with Crippen LogP contribution < -0.4 is 15.7 Å². The van der Waals surface area contributed by atoms with Gasteiger partial charge in [0.05, 0.1) is 22.5 Å². The van der Waals surface area contributed by atoms with Crippen LogP contribution in [0.1, 0.15) is 19.4 Å². The van der Waals surface area contributed by atoms with Crippen LogP contribution in [-0.4, -0.2) is 22.6 Å². The zero-order chi connectivity index (χ0) is 14.4. The molecule has 3 aromatic heterocycles. The molecule has 4 heterocycles. The van der Waals surface area contributed by atoms with E-state index >= 15 is 0 Å². The van der Waals surface area contributed by atoms with E-state index < -0.39 is 0 Å². The highest BCUT2D eigenvalue weighted by Crippen LogP contribution is 2.28. The third-order valence-electron chi connectivity index (χ3n) is 4.67. The summed E-state index contributed by atoms with van der Waals surface area (Å²) >= 11 is 0. The molecule has 3 N–H and O–H groups in total. The zero-order valence-corrected chi connectivity index (χ0v) is 12.0.